The third kappa shape index (κ3) is 2.96. The number of nitrogens with one attached hydrogen (secondary N) is 1. The highest BCUT2D eigenvalue weighted by Crippen LogP contribution is 2.28. The number of amides is 2. The lowest BCUT2D eigenvalue weighted by atomic mass is 9.84. The third-order valence-electron chi connectivity index (χ3n) is 4.59. The standard InChI is InChI=1S/C14H23N3O2S/c18-13(11-3-1-4-11)16-5-2-6-17(8-7-16)14(19)12-9-20-10-15-12/h11-12,15H,1-10H2. The van der Waals surface area contributed by atoms with Gasteiger partial charge in [-0.25, -0.2) is 0 Å². The Kier molecular flexibility index (Phi) is 4.51. The van der Waals surface area contributed by atoms with Gasteiger partial charge in [0, 0.05) is 43.7 Å². The molecule has 1 saturated carbocycles. The molecule has 3 rings (SSSR count). The zero-order valence-electron chi connectivity index (χ0n) is 11.8. The predicted octanol–water partition coefficient (Wildman–Crippen LogP) is 0.510. The van der Waals surface area contributed by atoms with Crippen LogP contribution >= 0.6 is 11.8 Å². The molecule has 0 bridgehead atoms. The van der Waals surface area contributed by atoms with Crippen LogP contribution in [0, 0.1) is 5.92 Å². The second kappa shape index (κ2) is 6.35. The molecular weight excluding hydrogens is 274 g/mol. The van der Waals surface area contributed by atoms with Crippen molar-refractivity contribution in [1.29, 1.82) is 0 Å². The summed E-state index contributed by atoms with van der Waals surface area (Å²) in [6.07, 6.45) is 4.21. The maximum absolute atomic E-state index is 12.4. The lowest BCUT2D eigenvalue weighted by molar-refractivity contribution is -0.139. The first-order valence-electron chi connectivity index (χ1n) is 7.64. The molecule has 2 heterocycles. The molecule has 0 spiro atoms. The van der Waals surface area contributed by atoms with Crippen LogP contribution in [0.5, 0.6) is 0 Å². The maximum atomic E-state index is 12.4. The van der Waals surface area contributed by atoms with Crippen molar-refractivity contribution in [3.05, 3.63) is 0 Å². The highest BCUT2D eigenvalue weighted by atomic mass is 32.2. The minimum atomic E-state index is -0.0196. The molecule has 2 amide bonds. The van der Waals surface area contributed by atoms with Crippen LogP contribution in [0.2, 0.25) is 0 Å². The molecule has 0 aromatic rings. The van der Waals surface area contributed by atoms with Gasteiger partial charge in [-0.1, -0.05) is 6.42 Å². The van der Waals surface area contributed by atoms with E-state index in [4.69, 9.17) is 0 Å². The number of carbonyl (C=O) groups excluding carboxylic acids is 2. The Bertz CT molecular complexity index is 381. The van der Waals surface area contributed by atoms with E-state index in [2.05, 4.69) is 5.32 Å². The monoisotopic (exact) mass is 297 g/mol. The number of hydrogen-bond acceptors (Lipinski definition) is 4. The summed E-state index contributed by atoms with van der Waals surface area (Å²) >= 11 is 1.78. The predicted molar refractivity (Wildman–Crippen MR) is 79.4 cm³/mol. The molecule has 0 aromatic heterocycles. The summed E-state index contributed by atoms with van der Waals surface area (Å²) < 4.78 is 0. The van der Waals surface area contributed by atoms with Gasteiger partial charge in [-0.2, -0.15) is 0 Å². The van der Waals surface area contributed by atoms with Gasteiger partial charge in [0.2, 0.25) is 11.8 Å². The summed E-state index contributed by atoms with van der Waals surface area (Å²) in [6.45, 7) is 3.00. The van der Waals surface area contributed by atoms with Gasteiger partial charge in [-0.3, -0.25) is 14.9 Å². The lowest BCUT2D eigenvalue weighted by Gasteiger charge is -2.31. The molecule has 1 N–H and O–H groups in total. The van der Waals surface area contributed by atoms with Crippen molar-refractivity contribution >= 4 is 23.6 Å². The third-order valence-corrected chi connectivity index (χ3v) is 5.53. The van der Waals surface area contributed by atoms with Crippen LogP contribution in [-0.4, -0.2) is 65.5 Å². The van der Waals surface area contributed by atoms with E-state index in [1.54, 1.807) is 11.8 Å². The molecule has 5 nitrogen and oxygen atoms in total. The van der Waals surface area contributed by atoms with Gasteiger partial charge in [0.25, 0.3) is 0 Å². The zero-order valence-corrected chi connectivity index (χ0v) is 12.7. The summed E-state index contributed by atoms with van der Waals surface area (Å²) in [5.41, 5.74) is 0. The largest absolute Gasteiger partial charge is 0.341 e. The van der Waals surface area contributed by atoms with Gasteiger partial charge in [0.15, 0.2) is 0 Å². The average molecular weight is 297 g/mol. The van der Waals surface area contributed by atoms with Crippen LogP contribution in [-0.2, 0) is 9.59 Å². The first-order chi connectivity index (χ1) is 9.75. The molecule has 0 radical (unpaired) electrons. The van der Waals surface area contributed by atoms with E-state index >= 15 is 0 Å². The van der Waals surface area contributed by atoms with Crippen LogP contribution < -0.4 is 5.32 Å². The van der Waals surface area contributed by atoms with Gasteiger partial charge >= 0.3 is 0 Å². The number of rotatable bonds is 2. The Morgan fingerprint density at radius 1 is 0.950 bits per heavy atom. The van der Waals surface area contributed by atoms with Crippen molar-refractivity contribution in [3.63, 3.8) is 0 Å². The maximum Gasteiger partial charge on any atom is 0.240 e. The van der Waals surface area contributed by atoms with Crippen molar-refractivity contribution in [1.82, 2.24) is 15.1 Å². The summed E-state index contributed by atoms with van der Waals surface area (Å²) in [6, 6.07) is -0.0196. The lowest BCUT2D eigenvalue weighted by Crippen LogP contribution is -2.47. The van der Waals surface area contributed by atoms with Crippen molar-refractivity contribution in [3.8, 4) is 0 Å². The van der Waals surface area contributed by atoms with Crippen molar-refractivity contribution < 1.29 is 9.59 Å². The van der Waals surface area contributed by atoms with E-state index in [9.17, 15) is 9.59 Å². The van der Waals surface area contributed by atoms with E-state index in [1.807, 2.05) is 9.80 Å². The second-order valence-electron chi connectivity index (χ2n) is 5.90. The van der Waals surface area contributed by atoms with Crippen LogP contribution in [0.15, 0.2) is 0 Å². The molecule has 6 heteroatoms. The molecule has 0 aromatic carbocycles. The highest BCUT2D eigenvalue weighted by molar-refractivity contribution is 7.99. The zero-order chi connectivity index (χ0) is 13.9. The Morgan fingerprint density at radius 2 is 1.65 bits per heavy atom. The van der Waals surface area contributed by atoms with Gasteiger partial charge in [0.05, 0.1) is 6.04 Å². The van der Waals surface area contributed by atoms with Gasteiger partial charge < -0.3 is 9.80 Å². The van der Waals surface area contributed by atoms with E-state index < -0.39 is 0 Å². The van der Waals surface area contributed by atoms with Gasteiger partial charge in [-0.15, -0.1) is 11.8 Å². The minimum absolute atomic E-state index is 0.0196. The summed E-state index contributed by atoms with van der Waals surface area (Å²) in [5.74, 6) is 2.55. The fourth-order valence-electron chi connectivity index (χ4n) is 3.05. The van der Waals surface area contributed by atoms with Crippen LogP contribution in [0.4, 0.5) is 0 Å². The molecule has 3 fully saturated rings. The molecular formula is C14H23N3O2S. The van der Waals surface area contributed by atoms with E-state index in [0.29, 0.717) is 19.0 Å². The second-order valence-corrected chi connectivity index (χ2v) is 6.93. The van der Waals surface area contributed by atoms with E-state index in [-0.39, 0.29) is 17.9 Å². The minimum Gasteiger partial charge on any atom is -0.341 e. The average Bonchev–Trinajstić information content (AvgIpc) is 2.80. The molecule has 1 unspecified atom stereocenters. The molecule has 2 aliphatic heterocycles. The van der Waals surface area contributed by atoms with Gasteiger partial charge in [-0.05, 0) is 19.3 Å². The molecule has 1 aliphatic carbocycles. The molecule has 2 saturated heterocycles. The quantitative estimate of drug-likeness (QED) is 0.807. The summed E-state index contributed by atoms with van der Waals surface area (Å²) in [4.78, 5) is 28.6. The summed E-state index contributed by atoms with van der Waals surface area (Å²) in [5, 5.41) is 3.24. The molecule has 112 valence electrons. The van der Waals surface area contributed by atoms with Gasteiger partial charge in [0.1, 0.15) is 0 Å². The van der Waals surface area contributed by atoms with Crippen LogP contribution in [0.25, 0.3) is 0 Å². The van der Waals surface area contributed by atoms with Crippen molar-refractivity contribution in [2.45, 2.75) is 31.7 Å². The number of hydrogen-bond donors (Lipinski definition) is 1. The fourth-order valence-corrected chi connectivity index (χ4v) is 3.98. The van der Waals surface area contributed by atoms with E-state index in [1.165, 1.54) is 6.42 Å². The molecule has 3 aliphatic rings. The van der Waals surface area contributed by atoms with Crippen molar-refractivity contribution in [2.24, 2.45) is 5.92 Å². The normalized spacial score (nSPS) is 28.1. The SMILES string of the molecule is O=C(C1CCC1)N1CCCN(C(=O)C2CSCN2)CC1. The number of nitrogens with zero attached hydrogens (tertiary/aromatic N) is 2. The Hall–Kier alpha value is -0.750. The van der Waals surface area contributed by atoms with Crippen LogP contribution in [0.1, 0.15) is 25.7 Å². The van der Waals surface area contributed by atoms with E-state index in [0.717, 1.165) is 44.0 Å². The van der Waals surface area contributed by atoms with Crippen LogP contribution in [0.3, 0.4) is 0 Å². The smallest absolute Gasteiger partial charge is 0.240 e. The fraction of sp³-hybridized carbons (Fsp3) is 0.857. The Morgan fingerprint density at radius 3 is 2.20 bits per heavy atom. The first-order valence-corrected chi connectivity index (χ1v) is 8.80. The number of thioether (sulfide) groups is 1. The Labute approximate surface area is 124 Å². The summed E-state index contributed by atoms with van der Waals surface area (Å²) in [7, 11) is 0. The number of carbonyl (C=O) groups is 2. The highest BCUT2D eigenvalue weighted by Gasteiger charge is 2.32. The van der Waals surface area contributed by atoms with Crippen molar-refractivity contribution in [2.75, 3.05) is 37.8 Å². The first kappa shape index (κ1) is 14.2. The Balaban J connectivity index is 1.53. The molecule has 1 atom stereocenters. The topological polar surface area (TPSA) is 52.7 Å². The molecule has 20 heavy (non-hydrogen) atoms.